The molecule has 8 heteroatoms. The predicted molar refractivity (Wildman–Crippen MR) is 62.1 cm³/mol. The fourth-order valence-electron chi connectivity index (χ4n) is 2.44. The second-order valence-corrected chi connectivity index (χ2v) is 4.76. The minimum Gasteiger partial charge on any atom is -0.384 e. The first-order valence-corrected chi connectivity index (χ1v) is 5.96. The van der Waals surface area contributed by atoms with Gasteiger partial charge < -0.3 is 11.1 Å². The number of nitrogen functional groups attached to an aromatic ring is 1. The Bertz CT molecular complexity index is 483. The number of hydrogen-bond donors (Lipinski definition) is 2. The zero-order valence-electron chi connectivity index (χ0n) is 10.4. The van der Waals surface area contributed by atoms with E-state index in [2.05, 4.69) is 10.4 Å². The standard InChI is InChI=1S/C11H15F3N4O/c1-6(19)16-7-2-3-8(4-7)18-10(15)5-9(17-18)11(12,13)14/h5,7-8H,2-4,15H2,1H3,(H,16,19). The Morgan fingerprint density at radius 1 is 1.53 bits per heavy atom. The lowest BCUT2D eigenvalue weighted by atomic mass is 10.2. The van der Waals surface area contributed by atoms with Gasteiger partial charge in [-0.3, -0.25) is 4.79 Å². The summed E-state index contributed by atoms with van der Waals surface area (Å²) in [5.41, 5.74) is 4.60. The van der Waals surface area contributed by atoms with E-state index in [1.54, 1.807) is 0 Å². The van der Waals surface area contributed by atoms with Crippen LogP contribution in [-0.4, -0.2) is 21.7 Å². The van der Waals surface area contributed by atoms with Crippen molar-refractivity contribution in [1.29, 1.82) is 0 Å². The molecule has 5 nitrogen and oxygen atoms in total. The number of aromatic nitrogens is 2. The number of nitrogens with zero attached hydrogens (tertiary/aromatic N) is 2. The number of nitrogens with one attached hydrogen (secondary N) is 1. The zero-order valence-corrected chi connectivity index (χ0v) is 10.4. The number of hydrogen-bond acceptors (Lipinski definition) is 3. The smallest absolute Gasteiger partial charge is 0.384 e. The third-order valence-electron chi connectivity index (χ3n) is 3.21. The van der Waals surface area contributed by atoms with Gasteiger partial charge in [0.2, 0.25) is 5.91 Å². The van der Waals surface area contributed by atoms with Crippen molar-refractivity contribution in [2.45, 2.75) is 44.4 Å². The lowest BCUT2D eigenvalue weighted by Crippen LogP contribution is -2.31. The average Bonchev–Trinajstić information content (AvgIpc) is 2.82. The van der Waals surface area contributed by atoms with Crippen LogP contribution in [0, 0.1) is 0 Å². The van der Waals surface area contributed by atoms with E-state index < -0.39 is 11.9 Å². The highest BCUT2D eigenvalue weighted by atomic mass is 19.4. The molecule has 0 saturated heterocycles. The molecule has 3 N–H and O–H groups in total. The van der Waals surface area contributed by atoms with Gasteiger partial charge in [-0.2, -0.15) is 18.3 Å². The highest BCUT2D eigenvalue weighted by Gasteiger charge is 2.36. The molecule has 0 spiro atoms. The number of rotatable bonds is 2. The number of halogens is 3. The fourth-order valence-corrected chi connectivity index (χ4v) is 2.44. The molecule has 1 aliphatic rings. The third-order valence-corrected chi connectivity index (χ3v) is 3.21. The first-order chi connectivity index (χ1) is 8.77. The molecular formula is C11H15F3N4O. The summed E-state index contributed by atoms with van der Waals surface area (Å²) >= 11 is 0. The Morgan fingerprint density at radius 3 is 2.74 bits per heavy atom. The van der Waals surface area contributed by atoms with Crippen LogP contribution in [0.4, 0.5) is 19.0 Å². The summed E-state index contributed by atoms with van der Waals surface area (Å²) in [6.07, 6.45) is -2.59. The molecule has 0 aliphatic heterocycles. The summed E-state index contributed by atoms with van der Waals surface area (Å²) in [5, 5.41) is 6.29. The van der Waals surface area contributed by atoms with Gasteiger partial charge in [-0.05, 0) is 19.3 Å². The number of nitrogens with two attached hydrogens (primary N) is 1. The number of anilines is 1. The second kappa shape index (κ2) is 4.75. The maximum atomic E-state index is 12.5. The van der Waals surface area contributed by atoms with Crippen molar-refractivity contribution in [3.63, 3.8) is 0 Å². The minimum absolute atomic E-state index is 0.000741. The van der Waals surface area contributed by atoms with Crippen LogP contribution in [0.3, 0.4) is 0 Å². The molecule has 0 aromatic carbocycles. The van der Waals surface area contributed by atoms with Gasteiger partial charge in [-0.15, -0.1) is 0 Å². The molecule has 1 heterocycles. The molecule has 1 saturated carbocycles. The zero-order chi connectivity index (χ0) is 14.2. The number of amides is 1. The Balaban J connectivity index is 2.11. The lowest BCUT2D eigenvalue weighted by molar-refractivity contribution is -0.141. The van der Waals surface area contributed by atoms with Crippen molar-refractivity contribution in [2.75, 3.05) is 5.73 Å². The van der Waals surface area contributed by atoms with Crippen LogP contribution in [0.25, 0.3) is 0 Å². The lowest BCUT2D eigenvalue weighted by Gasteiger charge is -2.14. The van der Waals surface area contributed by atoms with Crippen molar-refractivity contribution in [1.82, 2.24) is 15.1 Å². The Hall–Kier alpha value is -1.73. The Labute approximate surface area is 108 Å². The highest BCUT2D eigenvalue weighted by Crippen LogP contribution is 2.35. The summed E-state index contributed by atoms with van der Waals surface area (Å²) < 4.78 is 38.8. The van der Waals surface area contributed by atoms with E-state index in [0.29, 0.717) is 19.3 Å². The van der Waals surface area contributed by atoms with Crippen molar-refractivity contribution in [2.24, 2.45) is 0 Å². The first-order valence-electron chi connectivity index (χ1n) is 5.96. The maximum Gasteiger partial charge on any atom is 0.435 e. The summed E-state index contributed by atoms with van der Waals surface area (Å²) in [5.74, 6) is -0.143. The van der Waals surface area contributed by atoms with Gasteiger partial charge in [0, 0.05) is 19.0 Å². The van der Waals surface area contributed by atoms with Crippen LogP contribution < -0.4 is 11.1 Å². The van der Waals surface area contributed by atoms with Crippen LogP contribution in [-0.2, 0) is 11.0 Å². The van der Waals surface area contributed by atoms with E-state index in [0.717, 1.165) is 6.07 Å². The van der Waals surface area contributed by atoms with Gasteiger partial charge >= 0.3 is 6.18 Å². The number of carbonyl (C=O) groups excluding carboxylic acids is 1. The van der Waals surface area contributed by atoms with Gasteiger partial charge in [0.1, 0.15) is 5.82 Å². The van der Waals surface area contributed by atoms with Crippen molar-refractivity contribution < 1.29 is 18.0 Å². The Morgan fingerprint density at radius 2 is 2.21 bits per heavy atom. The second-order valence-electron chi connectivity index (χ2n) is 4.76. The molecule has 0 bridgehead atoms. The topological polar surface area (TPSA) is 72.9 Å². The minimum atomic E-state index is -4.49. The summed E-state index contributed by atoms with van der Waals surface area (Å²) in [6.45, 7) is 1.41. The van der Waals surface area contributed by atoms with Gasteiger partial charge in [0.25, 0.3) is 0 Å². The molecular weight excluding hydrogens is 261 g/mol. The molecule has 1 aliphatic carbocycles. The molecule has 106 valence electrons. The molecule has 2 atom stereocenters. The quantitative estimate of drug-likeness (QED) is 0.863. The molecule has 0 radical (unpaired) electrons. The SMILES string of the molecule is CC(=O)NC1CCC(n2nc(C(F)(F)F)cc2N)C1. The third kappa shape index (κ3) is 2.99. The molecule has 2 rings (SSSR count). The molecule has 1 aromatic rings. The van der Waals surface area contributed by atoms with Crippen LogP contribution in [0.1, 0.15) is 37.9 Å². The van der Waals surface area contributed by atoms with E-state index in [1.165, 1.54) is 11.6 Å². The molecule has 2 unspecified atom stereocenters. The van der Waals surface area contributed by atoms with Crippen LogP contribution >= 0.6 is 0 Å². The number of carbonyl (C=O) groups is 1. The summed E-state index contributed by atoms with van der Waals surface area (Å²) in [4.78, 5) is 10.9. The van der Waals surface area contributed by atoms with Crippen LogP contribution in [0.2, 0.25) is 0 Å². The highest BCUT2D eigenvalue weighted by molar-refractivity contribution is 5.73. The van der Waals surface area contributed by atoms with Gasteiger partial charge in [-0.25, -0.2) is 4.68 Å². The summed E-state index contributed by atoms with van der Waals surface area (Å²) in [6, 6.07) is 0.611. The fraction of sp³-hybridized carbons (Fsp3) is 0.636. The average molecular weight is 276 g/mol. The molecule has 1 fully saturated rings. The molecule has 1 amide bonds. The van der Waals surface area contributed by atoms with E-state index in [-0.39, 0.29) is 23.8 Å². The van der Waals surface area contributed by atoms with Gasteiger partial charge in [-0.1, -0.05) is 0 Å². The predicted octanol–water partition coefficient (Wildman–Crippen LogP) is 1.71. The first kappa shape index (κ1) is 13.7. The maximum absolute atomic E-state index is 12.5. The van der Waals surface area contributed by atoms with Crippen molar-refractivity contribution in [3.8, 4) is 0 Å². The normalized spacial score (nSPS) is 23.6. The largest absolute Gasteiger partial charge is 0.435 e. The molecule has 1 aromatic heterocycles. The van der Waals surface area contributed by atoms with E-state index in [9.17, 15) is 18.0 Å². The monoisotopic (exact) mass is 276 g/mol. The van der Waals surface area contributed by atoms with E-state index in [4.69, 9.17) is 5.73 Å². The van der Waals surface area contributed by atoms with Crippen molar-refractivity contribution >= 4 is 11.7 Å². The van der Waals surface area contributed by atoms with E-state index >= 15 is 0 Å². The molecule has 19 heavy (non-hydrogen) atoms. The van der Waals surface area contributed by atoms with Gasteiger partial charge in [0.05, 0.1) is 6.04 Å². The van der Waals surface area contributed by atoms with Crippen molar-refractivity contribution in [3.05, 3.63) is 11.8 Å². The number of alkyl halides is 3. The van der Waals surface area contributed by atoms with E-state index in [1.807, 2.05) is 0 Å². The van der Waals surface area contributed by atoms with Gasteiger partial charge in [0.15, 0.2) is 5.69 Å². The Kier molecular flexibility index (Phi) is 3.42. The summed E-state index contributed by atoms with van der Waals surface area (Å²) in [7, 11) is 0. The van der Waals surface area contributed by atoms with Crippen LogP contribution in [0.15, 0.2) is 6.07 Å². The van der Waals surface area contributed by atoms with Crippen LogP contribution in [0.5, 0.6) is 0 Å².